The molecule has 21 heavy (non-hydrogen) atoms. The number of thiophene rings is 1. The molecule has 1 aromatic heterocycles. The van der Waals surface area contributed by atoms with Crippen LogP contribution in [0.25, 0.3) is 0 Å². The van der Waals surface area contributed by atoms with Gasteiger partial charge in [0.1, 0.15) is 5.78 Å². The van der Waals surface area contributed by atoms with Gasteiger partial charge in [0.2, 0.25) is 9.76 Å². The third-order valence-electron chi connectivity index (χ3n) is 3.19. The third-order valence-corrected chi connectivity index (χ3v) is 5.68. The smallest absolute Gasteiger partial charge is 0.237 e. The summed E-state index contributed by atoms with van der Waals surface area (Å²) in [5.41, 5.74) is 0.980. The van der Waals surface area contributed by atoms with Gasteiger partial charge in [-0.15, -0.1) is 11.3 Å². The van der Waals surface area contributed by atoms with Gasteiger partial charge in [0.25, 0.3) is 0 Å². The van der Waals surface area contributed by atoms with Crippen molar-refractivity contribution in [3.63, 3.8) is 0 Å². The van der Waals surface area contributed by atoms with Crippen molar-refractivity contribution in [3.05, 3.63) is 21.9 Å². The highest BCUT2D eigenvalue weighted by atomic mass is 32.1. The molecular formula is C17H28O2SSi. The number of carbonyl (C=O) groups is 1. The Bertz CT molecular complexity index is 469. The van der Waals surface area contributed by atoms with E-state index in [9.17, 15) is 4.79 Å². The van der Waals surface area contributed by atoms with Crippen molar-refractivity contribution in [2.75, 3.05) is 0 Å². The van der Waals surface area contributed by atoms with Crippen LogP contribution in [-0.2, 0) is 21.2 Å². The number of aryl methyl sites for hydroxylation is 1. The summed E-state index contributed by atoms with van der Waals surface area (Å²) in [5.74, 6) is 0.459. The summed E-state index contributed by atoms with van der Waals surface area (Å²) in [6, 6.07) is 2.14. The second-order valence-corrected chi connectivity index (χ2v) is 10.2. The first-order chi connectivity index (χ1) is 9.53. The van der Waals surface area contributed by atoms with Gasteiger partial charge < -0.3 is 4.43 Å². The molecule has 0 amide bonds. The molecule has 118 valence electrons. The Kier molecular flexibility index (Phi) is 6.38. The fourth-order valence-corrected chi connectivity index (χ4v) is 3.69. The van der Waals surface area contributed by atoms with Crippen LogP contribution in [0, 0.1) is 5.92 Å². The first kappa shape index (κ1) is 18.6. The maximum Gasteiger partial charge on any atom is 0.237 e. The number of hydrogen-bond donors (Lipinski definition) is 0. The summed E-state index contributed by atoms with van der Waals surface area (Å²) in [6.45, 7) is 14.8. The van der Waals surface area contributed by atoms with Crippen LogP contribution in [0.2, 0.25) is 5.04 Å². The van der Waals surface area contributed by atoms with Crippen molar-refractivity contribution in [1.82, 2.24) is 0 Å². The molecular weight excluding hydrogens is 296 g/mol. The van der Waals surface area contributed by atoms with E-state index in [1.807, 2.05) is 13.8 Å². The van der Waals surface area contributed by atoms with Crippen molar-refractivity contribution in [2.45, 2.75) is 71.9 Å². The van der Waals surface area contributed by atoms with Crippen molar-refractivity contribution in [1.29, 1.82) is 0 Å². The summed E-state index contributed by atoms with van der Waals surface area (Å²) < 4.78 is 6.19. The summed E-state index contributed by atoms with van der Waals surface area (Å²) in [6.07, 6.45) is 1.44. The minimum atomic E-state index is -0.282. The highest BCUT2D eigenvalue weighted by Crippen LogP contribution is 2.35. The second kappa shape index (κ2) is 7.21. The molecule has 0 spiro atoms. The molecule has 2 nitrogen and oxygen atoms in total. The number of ketones is 1. The minimum absolute atomic E-state index is 0.124. The standard InChI is InChI=1S/C17H28O2SSi/c1-12(2)14(18)9-8-13-10-11-20-15(13)17(6,7)19-21-16(3,4)5/h10-12H,8-9H2,1-7H3. The van der Waals surface area contributed by atoms with Gasteiger partial charge in [-0.1, -0.05) is 34.6 Å². The van der Waals surface area contributed by atoms with Crippen LogP contribution in [0.5, 0.6) is 0 Å². The van der Waals surface area contributed by atoms with Gasteiger partial charge in [-0.3, -0.25) is 4.79 Å². The summed E-state index contributed by atoms with van der Waals surface area (Å²) in [7, 11) is 0.460. The fraction of sp³-hybridized carbons (Fsp3) is 0.706. The first-order valence-corrected chi connectivity index (χ1v) is 9.36. The van der Waals surface area contributed by atoms with Crippen LogP contribution in [0.3, 0.4) is 0 Å². The lowest BCUT2D eigenvalue weighted by Crippen LogP contribution is -2.27. The average molecular weight is 325 g/mol. The second-order valence-electron chi connectivity index (χ2n) is 7.36. The predicted molar refractivity (Wildman–Crippen MR) is 92.1 cm³/mol. The SMILES string of the molecule is CC(C)C(=O)CCc1ccsc1C(C)(C)O[Si]C(C)(C)C. The Morgan fingerprint density at radius 3 is 2.43 bits per heavy atom. The molecule has 1 aromatic rings. The monoisotopic (exact) mass is 324 g/mol. The molecule has 0 fully saturated rings. The molecule has 1 rings (SSSR count). The minimum Gasteiger partial charge on any atom is -0.407 e. The molecule has 0 aliphatic heterocycles. The largest absolute Gasteiger partial charge is 0.407 e. The molecule has 0 unspecified atom stereocenters. The molecule has 0 saturated heterocycles. The van der Waals surface area contributed by atoms with Crippen LogP contribution in [0.15, 0.2) is 11.4 Å². The predicted octanol–water partition coefficient (Wildman–Crippen LogP) is 5.00. The molecule has 0 atom stereocenters. The van der Waals surface area contributed by atoms with Crippen molar-refractivity contribution in [3.8, 4) is 0 Å². The maximum atomic E-state index is 11.8. The lowest BCUT2D eigenvalue weighted by molar-refractivity contribution is -0.121. The number of hydrogen-bond acceptors (Lipinski definition) is 3. The lowest BCUT2D eigenvalue weighted by Gasteiger charge is -2.29. The molecule has 0 saturated carbocycles. The fourth-order valence-electron chi connectivity index (χ4n) is 1.93. The Balaban J connectivity index is 2.75. The highest BCUT2D eigenvalue weighted by molar-refractivity contribution is 7.10. The van der Waals surface area contributed by atoms with Gasteiger partial charge in [0.15, 0.2) is 0 Å². The van der Waals surface area contributed by atoms with Gasteiger partial charge in [0.05, 0.1) is 5.60 Å². The summed E-state index contributed by atoms with van der Waals surface area (Å²) in [4.78, 5) is 13.1. The van der Waals surface area contributed by atoms with E-state index in [2.05, 4.69) is 46.1 Å². The number of rotatable bonds is 7. The number of carbonyl (C=O) groups excluding carboxylic acids is 1. The van der Waals surface area contributed by atoms with Crippen LogP contribution in [0.4, 0.5) is 0 Å². The Morgan fingerprint density at radius 2 is 1.90 bits per heavy atom. The van der Waals surface area contributed by atoms with Crippen molar-refractivity contribution < 1.29 is 9.22 Å². The van der Waals surface area contributed by atoms with Gasteiger partial charge in [0, 0.05) is 17.2 Å². The van der Waals surface area contributed by atoms with Gasteiger partial charge in [-0.05, 0) is 42.3 Å². The van der Waals surface area contributed by atoms with Crippen LogP contribution in [0.1, 0.15) is 65.3 Å². The average Bonchev–Trinajstić information content (AvgIpc) is 2.81. The quantitative estimate of drug-likeness (QED) is 0.660. The van der Waals surface area contributed by atoms with E-state index in [0.717, 1.165) is 6.42 Å². The molecule has 0 N–H and O–H groups in total. The zero-order valence-corrected chi connectivity index (χ0v) is 16.2. The van der Waals surface area contributed by atoms with Crippen LogP contribution in [-0.4, -0.2) is 15.5 Å². The topological polar surface area (TPSA) is 26.3 Å². The zero-order chi connectivity index (χ0) is 16.3. The Morgan fingerprint density at radius 1 is 1.29 bits per heavy atom. The number of Topliss-reactive ketones (excluding diaryl/α,β-unsaturated/α-hetero) is 1. The normalized spacial score (nSPS) is 13.0. The molecule has 1 heterocycles. The third kappa shape index (κ3) is 6.05. The molecule has 0 aliphatic carbocycles. The Hall–Kier alpha value is -0.453. The van der Waals surface area contributed by atoms with Gasteiger partial charge in [-0.2, -0.15) is 0 Å². The maximum absolute atomic E-state index is 11.8. The van der Waals surface area contributed by atoms with E-state index >= 15 is 0 Å². The Labute approximate surface area is 136 Å². The van der Waals surface area contributed by atoms with Crippen molar-refractivity contribution >= 4 is 26.9 Å². The molecule has 0 aromatic carbocycles. The zero-order valence-electron chi connectivity index (χ0n) is 14.4. The van der Waals surface area contributed by atoms with E-state index < -0.39 is 0 Å². The highest BCUT2D eigenvalue weighted by Gasteiger charge is 2.28. The van der Waals surface area contributed by atoms with E-state index in [1.54, 1.807) is 11.3 Å². The van der Waals surface area contributed by atoms with E-state index in [-0.39, 0.29) is 16.6 Å². The summed E-state index contributed by atoms with van der Waals surface area (Å²) in [5, 5.41) is 2.29. The first-order valence-electron chi connectivity index (χ1n) is 7.57. The van der Waals surface area contributed by atoms with E-state index in [0.29, 0.717) is 22.0 Å². The molecule has 2 radical (unpaired) electrons. The molecule has 0 bridgehead atoms. The van der Waals surface area contributed by atoms with E-state index in [1.165, 1.54) is 10.4 Å². The lowest BCUT2D eigenvalue weighted by atomic mass is 9.97. The van der Waals surface area contributed by atoms with Gasteiger partial charge >= 0.3 is 0 Å². The van der Waals surface area contributed by atoms with Gasteiger partial charge in [-0.25, -0.2) is 0 Å². The van der Waals surface area contributed by atoms with Crippen LogP contribution >= 0.6 is 11.3 Å². The molecule has 0 aliphatic rings. The summed E-state index contributed by atoms with van der Waals surface area (Å²) >= 11 is 1.74. The van der Waals surface area contributed by atoms with Crippen molar-refractivity contribution in [2.24, 2.45) is 5.92 Å². The molecule has 4 heteroatoms. The van der Waals surface area contributed by atoms with Crippen LogP contribution < -0.4 is 0 Å². The van der Waals surface area contributed by atoms with E-state index in [4.69, 9.17) is 4.43 Å².